The summed E-state index contributed by atoms with van der Waals surface area (Å²) in [5.74, 6) is 0.815. The predicted molar refractivity (Wildman–Crippen MR) is 80.0 cm³/mol. The van der Waals surface area contributed by atoms with Crippen LogP contribution in [0.2, 0.25) is 5.02 Å². The summed E-state index contributed by atoms with van der Waals surface area (Å²) in [5, 5.41) is 4.05. The molecular formula is C14H14BrClN2. The monoisotopic (exact) mass is 324 g/mol. The second-order valence-corrected chi connectivity index (χ2v) is 5.29. The second-order valence-electron chi connectivity index (χ2n) is 4.00. The topological polar surface area (TPSA) is 24.9 Å². The summed E-state index contributed by atoms with van der Waals surface area (Å²) in [6, 6.07) is 12.4. The Bertz CT molecular complexity index is 516. The first-order valence-electron chi connectivity index (χ1n) is 5.83. The largest absolute Gasteiger partial charge is 0.362 e. The van der Waals surface area contributed by atoms with Gasteiger partial charge < -0.3 is 5.32 Å². The van der Waals surface area contributed by atoms with E-state index in [4.69, 9.17) is 11.6 Å². The molecule has 94 valence electrons. The fourth-order valence-corrected chi connectivity index (χ4v) is 2.55. The Morgan fingerprint density at radius 2 is 2.06 bits per heavy atom. The highest BCUT2D eigenvalue weighted by Gasteiger charge is 2.11. The Kier molecular flexibility index (Phi) is 4.61. The molecule has 0 spiro atoms. The minimum absolute atomic E-state index is 0.246. The quantitative estimate of drug-likeness (QED) is 0.849. The van der Waals surface area contributed by atoms with E-state index in [-0.39, 0.29) is 6.04 Å². The van der Waals surface area contributed by atoms with Gasteiger partial charge in [-0.05, 0) is 34.0 Å². The van der Waals surface area contributed by atoms with Gasteiger partial charge in [-0.1, -0.05) is 48.9 Å². The Labute approximate surface area is 121 Å². The number of nitrogens with one attached hydrogen (secondary N) is 1. The summed E-state index contributed by atoms with van der Waals surface area (Å²) < 4.78 is 0.879. The van der Waals surface area contributed by atoms with Gasteiger partial charge in [0, 0.05) is 6.20 Å². The van der Waals surface area contributed by atoms with Crippen molar-refractivity contribution in [3.8, 4) is 0 Å². The molecule has 0 amide bonds. The number of benzene rings is 1. The molecule has 0 aliphatic carbocycles. The minimum atomic E-state index is 0.246. The van der Waals surface area contributed by atoms with Crippen molar-refractivity contribution < 1.29 is 0 Å². The van der Waals surface area contributed by atoms with Gasteiger partial charge in [0.15, 0.2) is 0 Å². The average Bonchev–Trinajstić information content (AvgIpc) is 2.39. The van der Waals surface area contributed by atoms with Gasteiger partial charge in [0.25, 0.3) is 0 Å². The molecule has 0 radical (unpaired) electrons. The number of anilines is 1. The van der Waals surface area contributed by atoms with Gasteiger partial charge in [0.05, 0.1) is 15.5 Å². The fraction of sp³-hybridized carbons (Fsp3) is 0.214. The average molecular weight is 326 g/mol. The van der Waals surface area contributed by atoms with Crippen LogP contribution in [0, 0.1) is 0 Å². The smallest absolute Gasteiger partial charge is 0.140 e. The van der Waals surface area contributed by atoms with Gasteiger partial charge in [0.1, 0.15) is 5.82 Å². The van der Waals surface area contributed by atoms with Gasteiger partial charge in [-0.15, -0.1) is 0 Å². The van der Waals surface area contributed by atoms with Crippen LogP contribution in [0.4, 0.5) is 5.82 Å². The number of rotatable bonds is 4. The third-order valence-corrected chi connectivity index (χ3v) is 3.54. The van der Waals surface area contributed by atoms with Crippen LogP contribution >= 0.6 is 27.5 Å². The molecule has 1 unspecified atom stereocenters. The maximum Gasteiger partial charge on any atom is 0.140 e. The Hall–Kier alpha value is -1.06. The summed E-state index contributed by atoms with van der Waals surface area (Å²) in [6.45, 7) is 2.15. The van der Waals surface area contributed by atoms with Crippen molar-refractivity contribution >= 4 is 33.3 Å². The van der Waals surface area contributed by atoms with Crippen LogP contribution in [0.1, 0.15) is 24.9 Å². The van der Waals surface area contributed by atoms with E-state index >= 15 is 0 Å². The van der Waals surface area contributed by atoms with E-state index in [1.807, 2.05) is 24.3 Å². The zero-order valence-electron chi connectivity index (χ0n) is 10.0. The molecule has 2 nitrogen and oxygen atoms in total. The molecule has 4 heteroatoms. The molecule has 0 saturated heterocycles. The SMILES string of the molecule is CCC(Nc1ncc(Cl)cc1Br)c1ccccc1. The number of aromatic nitrogens is 1. The van der Waals surface area contributed by atoms with Crippen LogP contribution in [0.3, 0.4) is 0 Å². The van der Waals surface area contributed by atoms with Gasteiger partial charge in [-0.25, -0.2) is 4.98 Å². The fourth-order valence-electron chi connectivity index (χ4n) is 1.79. The first-order valence-corrected chi connectivity index (χ1v) is 7.00. The maximum atomic E-state index is 5.88. The molecule has 0 saturated carbocycles. The molecule has 0 aliphatic rings. The molecule has 1 N–H and O–H groups in total. The van der Waals surface area contributed by atoms with Crippen molar-refractivity contribution in [3.05, 3.63) is 57.7 Å². The zero-order chi connectivity index (χ0) is 13.0. The summed E-state index contributed by atoms with van der Waals surface area (Å²) in [7, 11) is 0. The number of halogens is 2. The molecule has 2 aromatic rings. The molecule has 1 aromatic heterocycles. The normalized spacial score (nSPS) is 12.2. The van der Waals surface area contributed by atoms with Crippen molar-refractivity contribution in [2.45, 2.75) is 19.4 Å². The van der Waals surface area contributed by atoms with E-state index in [1.165, 1.54) is 5.56 Å². The van der Waals surface area contributed by atoms with Crippen LogP contribution in [-0.4, -0.2) is 4.98 Å². The molecular weight excluding hydrogens is 312 g/mol. The molecule has 2 rings (SSSR count). The van der Waals surface area contributed by atoms with Crippen molar-refractivity contribution in [3.63, 3.8) is 0 Å². The van der Waals surface area contributed by atoms with Crippen molar-refractivity contribution in [1.29, 1.82) is 0 Å². The zero-order valence-corrected chi connectivity index (χ0v) is 12.4. The first-order chi connectivity index (χ1) is 8.70. The van der Waals surface area contributed by atoms with Crippen molar-refractivity contribution in [2.75, 3.05) is 5.32 Å². The highest BCUT2D eigenvalue weighted by atomic mass is 79.9. The minimum Gasteiger partial charge on any atom is -0.362 e. The number of hydrogen-bond donors (Lipinski definition) is 1. The summed E-state index contributed by atoms with van der Waals surface area (Å²) in [4.78, 5) is 4.30. The summed E-state index contributed by atoms with van der Waals surface area (Å²) in [6.07, 6.45) is 2.63. The van der Waals surface area contributed by atoms with Crippen LogP contribution in [0.25, 0.3) is 0 Å². The molecule has 1 atom stereocenters. The van der Waals surface area contributed by atoms with Crippen molar-refractivity contribution in [2.24, 2.45) is 0 Å². The van der Waals surface area contributed by atoms with Crippen molar-refractivity contribution in [1.82, 2.24) is 4.98 Å². The van der Waals surface area contributed by atoms with E-state index < -0.39 is 0 Å². The lowest BCUT2D eigenvalue weighted by Crippen LogP contribution is -2.11. The first kappa shape index (κ1) is 13.4. The standard InChI is InChI=1S/C14H14BrClN2/c1-2-13(10-6-4-3-5-7-10)18-14-12(15)8-11(16)9-17-14/h3-9,13H,2H2,1H3,(H,17,18). The van der Waals surface area contributed by atoms with E-state index in [0.29, 0.717) is 5.02 Å². The molecule has 0 fully saturated rings. The number of pyridine rings is 1. The molecule has 0 bridgehead atoms. The Morgan fingerprint density at radius 3 is 2.67 bits per heavy atom. The highest BCUT2D eigenvalue weighted by Crippen LogP contribution is 2.28. The Balaban J connectivity index is 2.21. The lowest BCUT2D eigenvalue weighted by Gasteiger charge is -2.18. The summed E-state index contributed by atoms with van der Waals surface area (Å²) in [5.41, 5.74) is 1.25. The predicted octanol–water partition coefficient (Wildman–Crippen LogP) is 5.06. The number of hydrogen-bond acceptors (Lipinski definition) is 2. The summed E-state index contributed by atoms with van der Waals surface area (Å²) >= 11 is 9.35. The van der Waals surface area contributed by atoms with E-state index in [2.05, 4.69) is 45.3 Å². The van der Waals surface area contributed by atoms with E-state index in [0.717, 1.165) is 16.7 Å². The van der Waals surface area contributed by atoms with Crippen LogP contribution < -0.4 is 5.32 Å². The molecule has 0 aliphatic heterocycles. The van der Waals surface area contributed by atoms with E-state index in [1.54, 1.807) is 6.20 Å². The van der Waals surface area contributed by atoms with Crippen LogP contribution in [0.15, 0.2) is 47.1 Å². The lowest BCUT2D eigenvalue weighted by molar-refractivity contribution is 0.744. The highest BCUT2D eigenvalue weighted by molar-refractivity contribution is 9.10. The second kappa shape index (κ2) is 6.21. The lowest BCUT2D eigenvalue weighted by atomic mass is 10.0. The maximum absolute atomic E-state index is 5.88. The van der Waals surface area contributed by atoms with Gasteiger partial charge >= 0.3 is 0 Å². The third-order valence-electron chi connectivity index (χ3n) is 2.73. The molecule has 1 aromatic carbocycles. The molecule has 1 heterocycles. The van der Waals surface area contributed by atoms with Gasteiger partial charge in [0.2, 0.25) is 0 Å². The van der Waals surface area contributed by atoms with Crippen LogP contribution in [0.5, 0.6) is 0 Å². The van der Waals surface area contributed by atoms with E-state index in [9.17, 15) is 0 Å². The van der Waals surface area contributed by atoms with Gasteiger partial charge in [-0.3, -0.25) is 0 Å². The molecule has 18 heavy (non-hydrogen) atoms. The number of nitrogens with zero attached hydrogens (tertiary/aromatic N) is 1. The Morgan fingerprint density at radius 1 is 1.33 bits per heavy atom. The van der Waals surface area contributed by atoms with Gasteiger partial charge in [-0.2, -0.15) is 0 Å². The third kappa shape index (κ3) is 3.24. The van der Waals surface area contributed by atoms with Crippen LogP contribution in [-0.2, 0) is 0 Å².